The largest absolute Gasteiger partial charge is 0.395 e. The van der Waals surface area contributed by atoms with Gasteiger partial charge in [-0.25, -0.2) is 0 Å². The second-order valence-electron chi connectivity index (χ2n) is 9.75. The van der Waals surface area contributed by atoms with Crippen LogP contribution in [-0.4, -0.2) is 34.6 Å². The summed E-state index contributed by atoms with van der Waals surface area (Å²) in [6.07, 6.45) is 7.70. The summed E-state index contributed by atoms with van der Waals surface area (Å²) in [5.74, 6) is 0. The molecule has 2 aliphatic rings. The van der Waals surface area contributed by atoms with E-state index in [1.165, 1.54) is 29.7 Å². The molecule has 0 fully saturated rings. The summed E-state index contributed by atoms with van der Waals surface area (Å²) < 4.78 is 0. The number of aryl methyl sites for hydroxylation is 4. The molecule has 0 bridgehead atoms. The lowest BCUT2D eigenvalue weighted by atomic mass is 9.94. The van der Waals surface area contributed by atoms with Gasteiger partial charge in [-0.2, -0.15) is 0 Å². The van der Waals surface area contributed by atoms with Crippen molar-refractivity contribution < 1.29 is 9.68 Å². The normalized spacial score (nSPS) is 17.6. The fraction of sp³-hybridized carbons (Fsp3) is 0.538. The van der Waals surface area contributed by atoms with Crippen molar-refractivity contribution in [1.29, 1.82) is 0 Å². The molecule has 4 rings (SSSR count). The van der Waals surface area contributed by atoms with Gasteiger partial charge in [0, 0.05) is 16.8 Å². The minimum atomic E-state index is -0.228. The zero-order chi connectivity index (χ0) is 22.6. The van der Waals surface area contributed by atoms with E-state index in [4.69, 9.17) is 14.7 Å². The van der Waals surface area contributed by atoms with Gasteiger partial charge in [0.15, 0.2) is 0 Å². The third-order valence-electron chi connectivity index (χ3n) is 6.09. The van der Waals surface area contributed by atoms with Crippen molar-refractivity contribution in [3.8, 4) is 0 Å². The molecule has 0 N–H and O–H groups in total. The van der Waals surface area contributed by atoms with E-state index >= 15 is 0 Å². The molecule has 0 aliphatic heterocycles. The standard InChI is InChI=1S/C26H34N4O2/c1-18-12-13-21-9-7-11-24(25(21)27-18)30-32-17-26(3,4)16-31-29-19(2)22-15-14-20-8-5-6-10-23(20)28-22/h12-15H,5-11,16-17H2,1-4H3. The Kier molecular flexibility index (Phi) is 6.87. The minimum absolute atomic E-state index is 0.228. The van der Waals surface area contributed by atoms with Gasteiger partial charge in [0.05, 0.1) is 11.4 Å². The molecule has 0 radical (unpaired) electrons. The third-order valence-corrected chi connectivity index (χ3v) is 6.09. The number of nitrogens with zero attached hydrogens (tertiary/aromatic N) is 4. The molecule has 0 unspecified atom stereocenters. The summed E-state index contributed by atoms with van der Waals surface area (Å²) >= 11 is 0. The van der Waals surface area contributed by atoms with Crippen molar-refractivity contribution in [3.05, 3.63) is 58.2 Å². The van der Waals surface area contributed by atoms with E-state index in [0.717, 1.165) is 60.6 Å². The van der Waals surface area contributed by atoms with Gasteiger partial charge in [-0.05, 0) is 82.1 Å². The zero-order valence-corrected chi connectivity index (χ0v) is 19.8. The molecule has 0 atom stereocenters. The molecule has 0 spiro atoms. The van der Waals surface area contributed by atoms with Crippen LogP contribution in [0.2, 0.25) is 0 Å². The Labute approximate surface area is 191 Å². The highest BCUT2D eigenvalue weighted by atomic mass is 16.6. The molecule has 0 amide bonds. The lowest BCUT2D eigenvalue weighted by molar-refractivity contribution is -0.000159. The van der Waals surface area contributed by atoms with Crippen molar-refractivity contribution in [2.45, 2.75) is 72.6 Å². The molecule has 0 aromatic carbocycles. The Morgan fingerprint density at radius 3 is 2.53 bits per heavy atom. The molecule has 2 aliphatic carbocycles. The SMILES string of the molecule is CC(=NOCC(C)(C)CON=C1CCCc2ccc(C)nc21)c1ccc2c(n1)CCCC2. The van der Waals surface area contributed by atoms with Crippen molar-refractivity contribution in [2.24, 2.45) is 15.7 Å². The maximum Gasteiger partial charge on any atom is 0.125 e. The predicted molar refractivity (Wildman–Crippen MR) is 127 cm³/mol. The van der Waals surface area contributed by atoms with Crippen LogP contribution in [0.15, 0.2) is 34.6 Å². The fourth-order valence-electron chi connectivity index (χ4n) is 4.15. The monoisotopic (exact) mass is 434 g/mol. The van der Waals surface area contributed by atoms with E-state index in [1.807, 2.05) is 13.8 Å². The summed E-state index contributed by atoms with van der Waals surface area (Å²) in [7, 11) is 0. The maximum atomic E-state index is 5.75. The van der Waals surface area contributed by atoms with Gasteiger partial charge in [0.2, 0.25) is 0 Å². The number of oxime groups is 2. The third kappa shape index (κ3) is 5.53. The quantitative estimate of drug-likeness (QED) is 0.444. The molecular weight excluding hydrogens is 400 g/mol. The van der Waals surface area contributed by atoms with Gasteiger partial charge in [-0.3, -0.25) is 9.97 Å². The average Bonchev–Trinajstić information content (AvgIpc) is 2.78. The Bertz CT molecular complexity index is 1030. The van der Waals surface area contributed by atoms with Gasteiger partial charge in [0.25, 0.3) is 0 Å². The highest BCUT2D eigenvalue weighted by Crippen LogP contribution is 2.23. The van der Waals surface area contributed by atoms with Crippen LogP contribution in [0.4, 0.5) is 0 Å². The minimum Gasteiger partial charge on any atom is -0.395 e. The van der Waals surface area contributed by atoms with E-state index < -0.39 is 0 Å². The number of aromatic nitrogens is 2. The van der Waals surface area contributed by atoms with Gasteiger partial charge in [0.1, 0.15) is 24.6 Å². The lowest BCUT2D eigenvalue weighted by Crippen LogP contribution is -2.24. The molecule has 2 heterocycles. The van der Waals surface area contributed by atoms with E-state index in [9.17, 15) is 0 Å². The van der Waals surface area contributed by atoms with Gasteiger partial charge < -0.3 is 9.68 Å². The summed E-state index contributed by atoms with van der Waals surface area (Å²) in [6.45, 7) is 9.02. The van der Waals surface area contributed by atoms with Gasteiger partial charge in [-0.1, -0.05) is 36.3 Å². The van der Waals surface area contributed by atoms with Crippen LogP contribution in [0.3, 0.4) is 0 Å². The molecule has 6 nitrogen and oxygen atoms in total. The number of pyridine rings is 2. The number of hydrogen-bond donors (Lipinski definition) is 0. The van der Waals surface area contributed by atoms with Crippen molar-refractivity contribution in [3.63, 3.8) is 0 Å². The second-order valence-corrected chi connectivity index (χ2v) is 9.75. The van der Waals surface area contributed by atoms with Gasteiger partial charge >= 0.3 is 0 Å². The number of rotatable bonds is 7. The van der Waals surface area contributed by atoms with E-state index in [-0.39, 0.29) is 5.41 Å². The van der Waals surface area contributed by atoms with Crippen LogP contribution in [0.25, 0.3) is 0 Å². The Balaban J connectivity index is 1.31. The number of hydrogen-bond acceptors (Lipinski definition) is 6. The summed E-state index contributed by atoms with van der Waals surface area (Å²) in [5, 5.41) is 8.75. The fourth-order valence-corrected chi connectivity index (χ4v) is 4.15. The summed E-state index contributed by atoms with van der Waals surface area (Å²) in [5.41, 5.74) is 8.25. The summed E-state index contributed by atoms with van der Waals surface area (Å²) in [4.78, 5) is 20.9. The first-order chi connectivity index (χ1) is 15.4. The molecule has 0 saturated heterocycles. The van der Waals surface area contributed by atoms with Crippen LogP contribution >= 0.6 is 0 Å². The van der Waals surface area contributed by atoms with Crippen molar-refractivity contribution in [1.82, 2.24) is 9.97 Å². The first kappa shape index (κ1) is 22.4. The Morgan fingerprint density at radius 2 is 1.66 bits per heavy atom. The Hall–Kier alpha value is -2.76. The lowest BCUT2D eigenvalue weighted by Gasteiger charge is -2.22. The summed E-state index contributed by atoms with van der Waals surface area (Å²) in [6, 6.07) is 8.45. The second kappa shape index (κ2) is 9.80. The predicted octanol–water partition coefficient (Wildman–Crippen LogP) is 5.19. The van der Waals surface area contributed by atoms with Crippen LogP contribution in [0.5, 0.6) is 0 Å². The van der Waals surface area contributed by atoms with Crippen molar-refractivity contribution >= 4 is 11.4 Å². The highest BCUT2D eigenvalue weighted by Gasteiger charge is 2.22. The smallest absolute Gasteiger partial charge is 0.125 e. The van der Waals surface area contributed by atoms with Crippen LogP contribution < -0.4 is 0 Å². The van der Waals surface area contributed by atoms with Crippen molar-refractivity contribution in [2.75, 3.05) is 13.2 Å². The molecular formula is C26H34N4O2. The molecule has 2 aromatic heterocycles. The van der Waals surface area contributed by atoms with E-state index in [0.29, 0.717) is 13.2 Å². The number of fused-ring (bicyclic) bond motifs is 2. The first-order valence-electron chi connectivity index (χ1n) is 11.7. The molecule has 170 valence electrons. The molecule has 0 saturated carbocycles. The highest BCUT2D eigenvalue weighted by molar-refractivity contribution is 6.00. The van der Waals surface area contributed by atoms with Gasteiger partial charge in [-0.15, -0.1) is 0 Å². The average molecular weight is 435 g/mol. The molecule has 2 aromatic rings. The van der Waals surface area contributed by atoms with E-state index in [2.05, 4.69) is 53.4 Å². The Morgan fingerprint density at radius 1 is 0.906 bits per heavy atom. The maximum absolute atomic E-state index is 5.75. The van der Waals surface area contributed by atoms with Crippen LogP contribution in [-0.2, 0) is 28.9 Å². The molecule has 6 heteroatoms. The van der Waals surface area contributed by atoms with Crippen LogP contribution in [0, 0.1) is 12.3 Å². The van der Waals surface area contributed by atoms with Crippen LogP contribution in [0.1, 0.15) is 80.4 Å². The van der Waals surface area contributed by atoms with E-state index in [1.54, 1.807) is 0 Å². The first-order valence-corrected chi connectivity index (χ1v) is 11.7. The zero-order valence-electron chi connectivity index (χ0n) is 19.8. The topological polar surface area (TPSA) is 69.0 Å². The molecule has 32 heavy (non-hydrogen) atoms.